The molecule has 0 fully saturated rings. The summed E-state index contributed by atoms with van der Waals surface area (Å²) in [6.07, 6.45) is -0.110. The van der Waals surface area contributed by atoms with Gasteiger partial charge < -0.3 is 5.32 Å². The van der Waals surface area contributed by atoms with E-state index in [-0.39, 0.29) is 23.0 Å². The van der Waals surface area contributed by atoms with Crippen molar-refractivity contribution in [1.82, 2.24) is 0 Å². The molecule has 0 aromatic heterocycles. The minimum Gasteiger partial charge on any atom is -0.326 e. The second-order valence-electron chi connectivity index (χ2n) is 4.58. The van der Waals surface area contributed by atoms with Crippen molar-refractivity contribution in [3.8, 4) is 0 Å². The van der Waals surface area contributed by atoms with E-state index >= 15 is 0 Å². The summed E-state index contributed by atoms with van der Waals surface area (Å²) >= 11 is 9.03. The lowest BCUT2D eigenvalue weighted by Gasteiger charge is -2.06. The number of amides is 1. The maximum atomic E-state index is 12.1. The third-order valence-corrected chi connectivity index (χ3v) is 5.41. The van der Waals surface area contributed by atoms with Crippen molar-refractivity contribution < 1.29 is 13.2 Å². The molecule has 0 saturated heterocycles. The third-order valence-electron chi connectivity index (χ3n) is 2.90. The number of halogens is 2. The lowest BCUT2D eigenvalue weighted by molar-refractivity contribution is -0.115. The monoisotopic (exact) mass is 401 g/mol. The van der Waals surface area contributed by atoms with Crippen LogP contribution >= 0.6 is 27.5 Å². The summed E-state index contributed by atoms with van der Waals surface area (Å²) in [5.41, 5.74) is 0.622. The maximum Gasteiger partial charge on any atom is 0.225 e. The molecule has 0 spiro atoms. The molecule has 1 N–H and O–H groups in total. The standard InChI is InChI=1S/C15H13BrClNO3S/c16-11-1-5-13(6-2-11)18-15(19)9-10-22(20,21)14-7-3-12(17)4-8-14/h1-8H,9-10H2,(H,18,19). The number of nitrogens with one attached hydrogen (secondary N) is 1. The van der Waals surface area contributed by atoms with E-state index in [0.717, 1.165) is 4.47 Å². The van der Waals surface area contributed by atoms with Crippen LogP contribution in [0.15, 0.2) is 57.9 Å². The first-order chi connectivity index (χ1) is 10.4. The fourth-order valence-corrected chi connectivity index (χ4v) is 3.37. The predicted molar refractivity (Wildman–Crippen MR) is 90.9 cm³/mol. The Morgan fingerprint density at radius 3 is 2.23 bits per heavy atom. The normalized spacial score (nSPS) is 11.2. The van der Waals surface area contributed by atoms with Gasteiger partial charge in [-0.3, -0.25) is 4.79 Å². The Kier molecular flexibility index (Phi) is 5.61. The minimum absolute atomic E-state index is 0.110. The number of sulfone groups is 1. The summed E-state index contributed by atoms with van der Waals surface area (Å²) < 4.78 is 25.1. The van der Waals surface area contributed by atoms with Crippen molar-refractivity contribution in [2.75, 3.05) is 11.1 Å². The lowest BCUT2D eigenvalue weighted by Crippen LogP contribution is -2.17. The zero-order valence-electron chi connectivity index (χ0n) is 11.4. The van der Waals surface area contributed by atoms with Gasteiger partial charge in [-0.1, -0.05) is 27.5 Å². The molecular formula is C15H13BrClNO3S. The molecule has 0 saturated carbocycles. The van der Waals surface area contributed by atoms with Crippen molar-refractivity contribution in [3.63, 3.8) is 0 Å². The van der Waals surface area contributed by atoms with Gasteiger partial charge in [-0.15, -0.1) is 0 Å². The van der Waals surface area contributed by atoms with Gasteiger partial charge in [0.05, 0.1) is 10.6 Å². The zero-order valence-corrected chi connectivity index (χ0v) is 14.6. The highest BCUT2D eigenvalue weighted by Crippen LogP contribution is 2.17. The fourth-order valence-electron chi connectivity index (χ4n) is 1.74. The number of rotatable bonds is 5. The van der Waals surface area contributed by atoms with Crippen LogP contribution in [0.3, 0.4) is 0 Å². The van der Waals surface area contributed by atoms with Gasteiger partial charge in [0.25, 0.3) is 0 Å². The number of hydrogen-bond donors (Lipinski definition) is 1. The molecule has 0 aliphatic heterocycles. The highest BCUT2D eigenvalue weighted by atomic mass is 79.9. The third kappa shape index (κ3) is 4.83. The summed E-state index contributed by atoms with van der Waals surface area (Å²) in [7, 11) is -3.50. The van der Waals surface area contributed by atoms with Gasteiger partial charge in [-0.2, -0.15) is 0 Å². The topological polar surface area (TPSA) is 63.2 Å². The summed E-state index contributed by atoms with van der Waals surface area (Å²) in [5, 5.41) is 3.12. The molecule has 2 aromatic rings. The van der Waals surface area contributed by atoms with Crippen LogP contribution in [0.1, 0.15) is 6.42 Å². The van der Waals surface area contributed by atoms with Gasteiger partial charge in [-0.05, 0) is 48.5 Å². The molecule has 0 bridgehead atoms. The molecule has 2 rings (SSSR count). The molecule has 7 heteroatoms. The summed E-state index contributed by atoms with van der Waals surface area (Å²) in [4.78, 5) is 12.0. The van der Waals surface area contributed by atoms with Gasteiger partial charge in [0, 0.05) is 21.6 Å². The minimum atomic E-state index is -3.50. The average molecular weight is 403 g/mol. The Bertz CT molecular complexity index is 758. The van der Waals surface area contributed by atoms with Crippen molar-refractivity contribution in [1.29, 1.82) is 0 Å². The van der Waals surface area contributed by atoms with E-state index in [4.69, 9.17) is 11.6 Å². The zero-order chi connectivity index (χ0) is 16.2. The fraction of sp³-hybridized carbons (Fsp3) is 0.133. The van der Waals surface area contributed by atoms with Crippen LogP contribution in [0.5, 0.6) is 0 Å². The molecule has 116 valence electrons. The van der Waals surface area contributed by atoms with Crippen LogP contribution in [-0.2, 0) is 14.6 Å². The Morgan fingerprint density at radius 1 is 1.05 bits per heavy atom. The Hall–Kier alpha value is -1.37. The molecule has 0 heterocycles. The van der Waals surface area contributed by atoms with Gasteiger partial charge in [-0.25, -0.2) is 8.42 Å². The van der Waals surface area contributed by atoms with E-state index in [2.05, 4.69) is 21.2 Å². The summed E-state index contributed by atoms with van der Waals surface area (Å²) in [6.45, 7) is 0. The van der Waals surface area contributed by atoms with E-state index in [9.17, 15) is 13.2 Å². The second kappa shape index (κ2) is 7.26. The van der Waals surface area contributed by atoms with Crippen molar-refractivity contribution in [3.05, 3.63) is 58.0 Å². The van der Waals surface area contributed by atoms with Crippen LogP contribution in [0, 0.1) is 0 Å². The number of carbonyl (C=O) groups excluding carboxylic acids is 1. The molecule has 22 heavy (non-hydrogen) atoms. The van der Waals surface area contributed by atoms with Gasteiger partial charge in [0.1, 0.15) is 0 Å². The van der Waals surface area contributed by atoms with Crippen LogP contribution in [0.25, 0.3) is 0 Å². The smallest absolute Gasteiger partial charge is 0.225 e. The lowest BCUT2D eigenvalue weighted by atomic mass is 10.3. The molecule has 1 amide bonds. The van der Waals surface area contributed by atoms with Crippen molar-refractivity contribution >= 4 is 49.0 Å². The first-order valence-corrected chi connectivity index (χ1v) is 9.23. The molecule has 0 aliphatic rings. The van der Waals surface area contributed by atoms with Gasteiger partial charge >= 0.3 is 0 Å². The molecule has 0 aliphatic carbocycles. The van der Waals surface area contributed by atoms with E-state index in [1.54, 1.807) is 24.3 Å². The van der Waals surface area contributed by atoms with Crippen molar-refractivity contribution in [2.24, 2.45) is 0 Å². The van der Waals surface area contributed by atoms with Crippen LogP contribution in [-0.4, -0.2) is 20.1 Å². The largest absolute Gasteiger partial charge is 0.326 e. The highest BCUT2D eigenvalue weighted by Gasteiger charge is 2.16. The van der Waals surface area contributed by atoms with Gasteiger partial charge in [0.15, 0.2) is 9.84 Å². The molecule has 0 atom stereocenters. The van der Waals surface area contributed by atoms with Crippen LogP contribution in [0.4, 0.5) is 5.69 Å². The Labute approximate surface area is 142 Å². The van der Waals surface area contributed by atoms with E-state index in [1.165, 1.54) is 24.3 Å². The summed E-state index contributed by atoms with van der Waals surface area (Å²) in [5.74, 6) is -0.600. The molecular weight excluding hydrogens is 390 g/mol. The van der Waals surface area contributed by atoms with Gasteiger partial charge in [0.2, 0.25) is 5.91 Å². The number of anilines is 1. The summed E-state index contributed by atoms with van der Waals surface area (Å²) in [6, 6.07) is 12.9. The highest BCUT2D eigenvalue weighted by molar-refractivity contribution is 9.10. The number of benzene rings is 2. The quantitative estimate of drug-likeness (QED) is 0.825. The SMILES string of the molecule is O=C(CCS(=O)(=O)c1ccc(Cl)cc1)Nc1ccc(Br)cc1. The molecule has 0 radical (unpaired) electrons. The molecule has 0 unspecified atom stereocenters. The molecule has 2 aromatic carbocycles. The number of hydrogen-bond acceptors (Lipinski definition) is 3. The van der Waals surface area contributed by atoms with E-state index in [0.29, 0.717) is 10.7 Å². The first-order valence-electron chi connectivity index (χ1n) is 6.40. The van der Waals surface area contributed by atoms with Crippen LogP contribution < -0.4 is 5.32 Å². The average Bonchev–Trinajstić information content (AvgIpc) is 2.48. The maximum absolute atomic E-state index is 12.1. The molecule has 4 nitrogen and oxygen atoms in total. The second-order valence-corrected chi connectivity index (χ2v) is 8.04. The van der Waals surface area contributed by atoms with E-state index in [1.807, 2.05) is 0 Å². The van der Waals surface area contributed by atoms with Crippen LogP contribution in [0.2, 0.25) is 5.02 Å². The van der Waals surface area contributed by atoms with E-state index < -0.39 is 9.84 Å². The van der Waals surface area contributed by atoms with Crippen molar-refractivity contribution in [2.45, 2.75) is 11.3 Å². The number of carbonyl (C=O) groups is 1. The Morgan fingerprint density at radius 2 is 1.64 bits per heavy atom. The first kappa shape index (κ1) is 17.0. The Balaban J connectivity index is 1.95. The predicted octanol–water partition coefficient (Wildman–Crippen LogP) is 3.91.